The lowest BCUT2D eigenvalue weighted by Gasteiger charge is -2.13. The third-order valence-corrected chi connectivity index (χ3v) is 10.6. The maximum atomic E-state index is 5.14. The molecule has 5 nitrogen and oxygen atoms in total. The van der Waals surface area contributed by atoms with Gasteiger partial charge in [0.1, 0.15) is 0 Å². The van der Waals surface area contributed by atoms with Crippen molar-refractivity contribution in [3.05, 3.63) is 224 Å². The molecule has 8 aromatic carbocycles. The van der Waals surface area contributed by atoms with Crippen molar-refractivity contribution in [3.63, 3.8) is 0 Å². The molecule has 0 saturated carbocycles. The minimum absolute atomic E-state index is 0.621. The van der Waals surface area contributed by atoms with Crippen LogP contribution in [0.5, 0.6) is 0 Å². The zero-order valence-corrected chi connectivity index (χ0v) is 32.6. The summed E-state index contributed by atoms with van der Waals surface area (Å²) in [4.78, 5) is 25.1. The van der Waals surface area contributed by atoms with Crippen molar-refractivity contribution >= 4 is 0 Å². The van der Waals surface area contributed by atoms with Crippen molar-refractivity contribution in [2.24, 2.45) is 0 Å². The predicted molar refractivity (Wildman–Crippen MR) is 244 cm³/mol. The van der Waals surface area contributed by atoms with Gasteiger partial charge in [0.15, 0.2) is 23.3 Å². The second-order valence-electron chi connectivity index (χ2n) is 14.5. The highest BCUT2D eigenvalue weighted by molar-refractivity contribution is 5.86. The zero-order valence-electron chi connectivity index (χ0n) is 32.6. The van der Waals surface area contributed by atoms with Crippen LogP contribution in [0.2, 0.25) is 0 Å². The van der Waals surface area contributed by atoms with Crippen LogP contribution in [0.4, 0.5) is 0 Å². The van der Waals surface area contributed by atoms with Crippen molar-refractivity contribution in [2.75, 3.05) is 0 Å². The summed E-state index contributed by atoms with van der Waals surface area (Å²) in [5, 5.41) is 0. The molecule has 0 N–H and O–H groups in total. The third-order valence-electron chi connectivity index (χ3n) is 10.6. The Morgan fingerprint density at radius 3 is 1.08 bits per heavy atom. The first kappa shape index (κ1) is 36.2. The van der Waals surface area contributed by atoms with E-state index in [4.69, 9.17) is 24.9 Å². The molecule has 0 fully saturated rings. The number of rotatable bonds is 9. The average molecular weight is 768 g/mol. The Morgan fingerprint density at radius 2 is 0.533 bits per heavy atom. The number of aromatic nitrogens is 5. The maximum Gasteiger partial charge on any atom is 0.164 e. The van der Waals surface area contributed by atoms with Crippen LogP contribution < -0.4 is 0 Å². The first-order valence-electron chi connectivity index (χ1n) is 20.0. The van der Waals surface area contributed by atoms with Gasteiger partial charge in [-0.2, -0.15) is 0 Å². The minimum atomic E-state index is 0.621. The molecule has 2 aromatic heterocycles. The molecule has 0 aliphatic rings. The summed E-state index contributed by atoms with van der Waals surface area (Å²) in [5.41, 5.74) is 14.3. The van der Waals surface area contributed by atoms with Gasteiger partial charge in [-0.1, -0.05) is 206 Å². The van der Waals surface area contributed by atoms with Gasteiger partial charge >= 0.3 is 0 Å². The van der Waals surface area contributed by atoms with E-state index in [0.29, 0.717) is 23.3 Å². The van der Waals surface area contributed by atoms with E-state index in [0.717, 1.165) is 61.5 Å². The Labute approximate surface area is 349 Å². The summed E-state index contributed by atoms with van der Waals surface area (Å²) >= 11 is 0. The topological polar surface area (TPSA) is 64.5 Å². The molecule has 5 heteroatoms. The lowest BCUT2D eigenvalue weighted by atomic mass is 9.93. The Morgan fingerprint density at radius 1 is 0.183 bits per heavy atom. The second-order valence-corrected chi connectivity index (χ2v) is 14.5. The van der Waals surface area contributed by atoms with Gasteiger partial charge in [-0.25, -0.2) is 24.9 Å². The largest absolute Gasteiger partial charge is 0.228 e. The van der Waals surface area contributed by atoms with E-state index in [-0.39, 0.29) is 0 Å². The highest BCUT2D eigenvalue weighted by atomic mass is 15.0. The van der Waals surface area contributed by atoms with Gasteiger partial charge in [0.05, 0.1) is 11.4 Å². The van der Waals surface area contributed by atoms with E-state index in [1.807, 2.05) is 78.9 Å². The van der Waals surface area contributed by atoms with Crippen LogP contribution >= 0.6 is 0 Å². The maximum absolute atomic E-state index is 5.14. The molecule has 0 radical (unpaired) electrons. The van der Waals surface area contributed by atoms with E-state index in [1.165, 1.54) is 16.7 Å². The molecule has 0 spiro atoms. The smallest absolute Gasteiger partial charge is 0.164 e. The van der Waals surface area contributed by atoms with Crippen LogP contribution in [0, 0.1) is 0 Å². The molecule has 2 heterocycles. The average Bonchev–Trinajstić information content (AvgIpc) is 3.35. The minimum Gasteiger partial charge on any atom is -0.228 e. The quantitative estimate of drug-likeness (QED) is 0.146. The van der Waals surface area contributed by atoms with Gasteiger partial charge < -0.3 is 0 Å². The van der Waals surface area contributed by atoms with Gasteiger partial charge in [0.25, 0.3) is 0 Å². The summed E-state index contributed by atoms with van der Waals surface area (Å²) in [5.74, 6) is 2.57. The summed E-state index contributed by atoms with van der Waals surface area (Å²) in [6, 6.07) is 77.1. The summed E-state index contributed by atoms with van der Waals surface area (Å²) in [7, 11) is 0. The van der Waals surface area contributed by atoms with Crippen molar-refractivity contribution in [3.8, 4) is 101 Å². The zero-order chi connectivity index (χ0) is 40.1. The van der Waals surface area contributed by atoms with E-state index in [2.05, 4.69) is 146 Å². The first-order chi connectivity index (χ1) is 29.7. The number of hydrogen-bond donors (Lipinski definition) is 0. The van der Waals surface area contributed by atoms with Gasteiger partial charge in [0.2, 0.25) is 0 Å². The molecule has 0 saturated heterocycles. The van der Waals surface area contributed by atoms with Crippen LogP contribution in [-0.4, -0.2) is 24.9 Å². The van der Waals surface area contributed by atoms with Crippen molar-refractivity contribution in [1.29, 1.82) is 0 Å². The van der Waals surface area contributed by atoms with Crippen molar-refractivity contribution in [2.45, 2.75) is 0 Å². The van der Waals surface area contributed by atoms with Gasteiger partial charge in [-0.15, -0.1) is 0 Å². The fourth-order valence-corrected chi connectivity index (χ4v) is 7.52. The highest BCUT2D eigenvalue weighted by Gasteiger charge is 2.15. The van der Waals surface area contributed by atoms with Gasteiger partial charge in [0, 0.05) is 33.4 Å². The fraction of sp³-hybridized carbons (Fsp3) is 0. The lowest BCUT2D eigenvalue weighted by molar-refractivity contribution is 1.07. The second kappa shape index (κ2) is 16.4. The van der Waals surface area contributed by atoms with E-state index < -0.39 is 0 Å². The molecular weight excluding hydrogens is 731 g/mol. The van der Waals surface area contributed by atoms with Crippen LogP contribution in [0.1, 0.15) is 0 Å². The molecule has 0 amide bonds. The monoisotopic (exact) mass is 767 g/mol. The molecule has 0 unspecified atom stereocenters. The van der Waals surface area contributed by atoms with Gasteiger partial charge in [-0.05, 0) is 51.6 Å². The molecule has 0 aliphatic carbocycles. The van der Waals surface area contributed by atoms with Gasteiger partial charge in [-0.3, -0.25) is 0 Å². The molecule has 0 aliphatic heterocycles. The van der Waals surface area contributed by atoms with Crippen LogP contribution in [-0.2, 0) is 0 Å². The summed E-state index contributed by atoms with van der Waals surface area (Å²) < 4.78 is 0. The number of benzene rings is 8. The molecule has 10 rings (SSSR count). The molecule has 0 bridgehead atoms. The van der Waals surface area contributed by atoms with Crippen molar-refractivity contribution < 1.29 is 0 Å². The van der Waals surface area contributed by atoms with Crippen LogP contribution in [0.3, 0.4) is 0 Å². The normalized spacial score (nSPS) is 11.0. The van der Waals surface area contributed by atoms with Crippen molar-refractivity contribution in [1.82, 2.24) is 24.9 Å². The SMILES string of the molecule is c1ccc(-c2nc(-c3ccc(-c4cccc(-c5nc(-c6ccccc6)nc(-c6ccccc6)n5)c4)cc3)cc(-c3cccc(-c4ccccc4-c4ccccc4)c3)n2)cc1. The Hall–Kier alpha value is -8.15. The summed E-state index contributed by atoms with van der Waals surface area (Å²) in [6.45, 7) is 0. The Bertz CT molecular complexity index is 3000. The molecule has 10 aromatic rings. The van der Waals surface area contributed by atoms with E-state index >= 15 is 0 Å². The molecule has 60 heavy (non-hydrogen) atoms. The molecular formula is C55H37N5. The first-order valence-corrected chi connectivity index (χ1v) is 20.0. The standard InChI is InChI=1S/C55H37N5/c1-5-17-39(18-6-1)48-29-13-14-30-49(48)45-26-16-27-46(36-45)51-37-50(56-52(57-51)41-19-7-2-8-20-41)40-33-31-38(32-34-40)44-25-15-28-47(35-44)55-59-53(42-21-9-3-10-22-42)58-54(60-55)43-23-11-4-12-24-43/h1-37H. The lowest BCUT2D eigenvalue weighted by Crippen LogP contribution is -2.00. The predicted octanol–water partition coefficient (Wildman–Crippen LogP) is 13.7. The third kappa shape index (κ3) is 7.63. The van der Waals surface area contributed by atoms with Crippen LogP contribution in [0.15, 0.2) is 224 Å². The van der Waals surface area contributed by atoms with Crippen LogP contribution in [0.25, 0.3) is 101 Å². The fourth-order valence-electron chi connectivity index (χ4n) is 7.52. The summed E-state index contributed by atoms with van der Waals surface area (Å²) in [6.07, 6.45) is 0. The highest BCUT2D eigenvalue weighted by Crippen LogP contribution is 2.36. The van der Waals surface area contributed by atoms with E-state index in [1.54, 1.807) is 0 Å². The number of hydrogen-bond acceptors (Lipinski definition) is 5. The molecule has 282 valence electrons. The number of nitrogens with zero attached hydrogens (tertiary/aromatic N) is 5. The Balaban J connectivity index is 1.01. The Kier molecular flexibility index (Phi) is 9.88. The molecule has 0 atom stereocenters. The van der Waals surface area contributed by atoms with E-state index in [9.17, 15) is 0 Å².